The monoisotopic (exact) mass is 278 g/mol. The highest BCUT2D eigenvalue weighted by Crippen LogP contribution is 2.26. The zero-order valence-electron chi connectivity index (χ0n) is 12.1. The third-order valence-electron chi connectivity index (χ3n) is 4.88. The average Bonchev–Trinajstić information content (AvgIpc) is 3.18. The number of hydrogen-bond acceptors (Lipinski definition) is 4. The first kappa shape index (κ1) is 14.1. The van der Waals surface area contributed by atoms with Gasteiger partial charge in [0.2, 0.25) is 0 Å². The van der Waals surface area contributed by atoms with Gasteiger partial charge in [0.1, 0.15) is 5.76 Å². The van der Waals surface area contributed by atoms with Crippen LogP contribution in [0.5, 0.6) is 0 Å². The molecular weight excluding hydrogens is 252 g/mol. The van der Waals surface area contributed by atoms with Crippen LogP contribution in [-0.4, -0.2) is 41.8 Å². The van der Waals surface area contributed by atoms with E-state index >= 15 is 0 Å². The predicted molar refractivity (Wildman–Crippen MR) is 78.5 cm³/mol. The summed E-state index contributed by atoms with van der Waals surface area (Å²) in [7, 11) is 0. The number of hydrogen-bond donors (Lipinski definition) is 2. The molecule has 0 amide bonds. The summed E-state index contributed by atoms with van der Waals surface area (Å²) in [4.78, 5) is 2.67. The first-order chi connectivity index (χ1) is 9.86. The average molecular weight is 278 g/mol. The van der Waals surface area contributed by atoms with Crippen LogP contribution in [0.1, 0.15) is 50.3 Å². The topological polar surface area (TPSA) is 48.6 Å². The van der Waals surface area contributed by atoms with Crippen LogP contribution in [-0.2, 0) is 0 Å². The molecule has 1 unspecified atom stereocenters. The minimum absolute atomic E-state index is 0.0620. The molecule has 1 aromatic heterocycles. The van der Waals surface area contributed by atoms with Crippen LogP contribution in [0.25, 0.3) is 0 Å². The van der Waals surface area contributed by atoms with Crippen LogP contribution in [0.3, 0.4) is 0 Å². The lowest BCUT2D eigenvalue weighted by Crippen LogP contribution is -2.47. The summed E-state index contributed by atoms with van der Waals surface area (Å²) in [6.07, 6.45) is 9.62. The van der Waals surface area contributed by atoms with Crippen LogP contribution in [0, 0.1) is 0 Å². The quantitative estimate of drug-likeness (QED) is 0.868. The van der Waals surface area contributed by atoms with Gasteiger partial charge in [0.15, 0.2) is 0 Å². The van der Waals surface area contributed by atoms with E-state index in [1.807, 2.05) is 12.1 Å². The van der Waals surface area contributed by atoms with Gasteiger partial charge in [-0.1, -0.05) is 12.8 Å². The highest BCUT2D eigenvalue weighted by molar-refractivity contribution is 5.05. The lowest BCUT2D eigenvalue weighted by molar-refractivity contribution is 0.130. The maximum atomic E-state index is 9.52. The van der Waals surface area contributed by atoms with Crippen LogP contribution < -0.4 is 5.32 Å². The minimum Gasteiger partial charge on any atom is -0.468 e. The zero-order valence-corrected chi connectivity index (χ0v) is 12.1. The Morgan fingerprint density at radius 2 is 2.00 bits per heavy atom. The zero-order chi connectivity index (χ0) is 13.8. The largest absolute Gasteiger partial charge is 0.468 e. The summed E-state index contributed by atoms with van der Waals surface area (Å²) in [5.41, 5.74) is 0. The Kier molecular flexibility index (Phi) is 4.76. The Labute approximate surface area is 121 Å². The van der Waals surface area contributed by atoms with Crippen molar-refractivity contribution in [3.63, 3.8) is 0 Å². The van der Waals surface area contributed by atoms with Gasteiger partial charge in [0.25, 0.3) is 0 Å². The standard InChI is InChI=1S/C16H26N2O2/c19-12-15(16-6-3-11-20-16)17-13-7-9-18(10-8-13)14-4-1-2-5-14/h3,6,11,13-15,17,19H,1-2,4-5,7-10,12H2. The van der Waals surface area contributed by atoms with Gasteiger partial charge in [-0.3, -0.25) is 0 Å². The lowest BCUT2D eigenvalue weighted by atomic mass is 10.0. The number of rotatable bonds is 5. The molecule has 1 aliphatic heterocycles. The van der Waals surface area contributed by atoms with Crippen LogP contribution in [0.4, 0.5) is 0 Å². The summed E-state index contributed by atoms with van der Waals surface area (Å²) in [5.74, 6) is 0.839. The minimum atomic E-state index is -0.0620. The number of nitrogens with zero attached hydrogens (tertiary/aromatic N) is 1. The van der Waals surface area contributed by atoms with E-state index in [1.54, 1.807) is 6.26 Å². The third kappa shape index (κ3) is 3.25. The Bertz CT molecular complexity index is 379. The first-order valence-corrected chi connectivity index (χ1v) is 8.01. The number of aliphatic hydroxyl groups is 1. The molecular formula is C16H26N2O2. The fraction of sp³-hybridized carbons (Fsp3) is 0.750. The van der Waals surface area contributed by atoms with Crippen molar-refractivity contribution in [3.05, 3.63) is 24.2 Å². The van der Waals surface area contributed by atoms with Gasteiger partial charge in [-0.05, 0) is 50.9 Å². The Morgan fingerprint density at radius 1 is 1.25 bits per heavy atom. The number of furan rings is 1. The molecule has 2 heterocycles. The molecule has 1 atom stereocenters. The maximum Gasteiger partial charge on any atom is 0.123 e. The second-order valence-electron chi connectivity index (χ2n) is 6.17. The van der Waals surface area contributed by atoms with Crippen LogP contribution in [0.15, 0.2) is 22.8 Å². The van der Waals surface area contributed by atoms with E-state index in [0.29, 0.717) is 6.04 Å². The molecule has 3 rings (SSSR count). The number of piperidine rings is 1. The number of aliphatic hydroxyl groups excluding tert-OH is 1. The van der Waals surface area contributed by atoms with Crippen molar-refractivity contribution in [2.45, 2.75) is 56.7 Å². The molecule has 2 aliphatic rings. The molecule has 1 saturated carbocycles. The van der Waals surface area contributed by atoms with Gasteiger partial charge < -0.3 is 19.7 Å². The van der Waals surface area contributed by atoms with Crippen molar-refractivity contribution >= 4 is 0 Å². The Hall–Kier alpha value is -0.840. The highest BCUT2D eigenvalue weighted by atomic mass is 16.3. The van der Waals surface area contributed by atoms with Crippen molar-refractivity contribution in [1.82, 2.24) is 10.2 Å². The summed E-state index contributed by atoms with van der Waals surface area (Å²) >= 11 is 0. The van der Waals surface area contributed by atoms with E-state index in [2.05, 4.69) is 10.2 Å². The van der Waals surface area contributed by atoms with Gasteiger partial charge >= 0.3 is 0 Å². The fourth-order valence-electron chi connectivity index (χ4n) is 3.70. The number of nitrogens with one attached hydrogen (secondary N) is 1. The van der Waals surface area contributed by atoms with Crippen molar-refractivity contribution in [3.8, 4) is 0 Å². The van der Waals surface area contributed by atoms with Gasteiger partial charge in [-0.15, -0.1) is 0 Å². The second-order valence-corrected chi connectivity index (χ2v) is 6.17. The summed E-state index contributed by atoms with van der Waals surface area (Å²) < 4.78 is 5.40. The second kappa shape index (κ2) is 6.74. The molecule has 4 nitrogen and oxygen atoms in total. The van der Waals surface area contributed by atoms with Crippen molar-refractivity contribution in [2.75, 3.05) is 19.7 Å². The van der Waals surface area contributed by atoms with Crippen molar-refractivity contribution in [1.29, 1.82) is 0 Å². The summed E-state index contributed by atoms with van der Waals surface area (Å²) in [6.45, 7) is 2.48. The third-order valence-corrected chi connectivity index (χ3v) is 4.88. The van der Waals surface area contributed by atoms with E-state index in [0.717, 1.165) is 11.8 Å². The predicted octanol–water partition coefficient (Wildman–Crippen LogP) is 2.31. The molecule has 1 aromatic rings. The molecule has 0 spiro atoms. The van der Waals surface area contributed by atoms with E-state index < -0.39 is 0 Å². The molecule has 4 heteroatoms. The first-order valence-electron chi connectivity index (χ1n) is 8.01. The molecule has 20 heavy (non-hydrogen) atoms. The lowest BCUT2D eigenvalue weighted by Gasteiger charge is -2.37. The van der Waals surface area contributed by atoms with E-state index in [4.69, 9.17) is 4.42 Å². The van der Waals surface area contributed by atoms with Crippen molar-refractivity contribution < 1.29 is 9.52 Å². The Balaban J connectivity index is 1.48. The van der Waals surface area contributed by atoms with Gasteiger partial charge in [0.05, 0.1) is 18.9 Å². The maximum absolute atomic E-state index is 9.52. The molecule has 2 fully saturated rings. The SMILES string of the molecule is OCC(NC1CCN(C2CCCC2)CC1)c1ccco1. The normalized spacial score (nSPS) is 24.2. The van der Waals surface area contributed by atoms with Gasteiger partial charge in [0, 0.05) is 12.1 Å². The van der Waals surface area contributed by atoms with E-state index in [-0.39, 0.29) is 12.6 Å². The Morgan fingerprint density at radius 3 is 2.60 bits per heavy atom. The molecule has 2 N–H and O–H groups in total. The molecule has 0 radical (unpaired) electrons. The van der Waals surface area contributed by atoms with E-state index in [1.165, 1.54) is 51.6 Å². The van der Waals surface area contributed by atoms with Crippen LogP contribution in [0.2, 0.25) is 0 Å². The molecule has 1 saturated heterocycles. The van der Waals surface area contributed by atoms with Crippen molar-refractivity contribution in [2.24, 2.45) is 0 Å². The summed E-state index contributed by atoms with van der Waals surface area (Å²) in [5, 5.41) is 13.1. The van der Waals surface area contributed by atoms with E-state index in [9.17, 15) is 5.11 Å². The number of likely N-dealkylation sites (tertiary alicyclic amines) is 1. The fourth-order valence-corrected chi connectivity index (χ4v) is 3.70. The van der Waals surface area contributed by atoms with Crippen LogP contribution >= 0.6 is 0 Å². The highest BCUT2D eigenvalue weighted by Gasteiger charge is 2.28. The molecule has 0 bridgehead atoms. The summed E-state index contributed by atoms with van der Waals surface area (Å²) in [6, 6.07) is 5.08. The van der Waals surface area contributed by atoms with Gasteiger partial charge in [-0.25, -0.2) is 0 Å². The molecule has 112 valence electrons. The molecule has 0 aromatic carbocycles. The smallest absolute Gasteiger partial charge is 0.123 e. The van der Waals surface area contributed by atoms with Gasteiger partial charge in [-0.2, -0.15) is 0 Å². The molecule has 1 aliphatic carbocycles.